The molecule has 0 spiro atoms. The highest BCUT2D eigenvalue weighted by atomic mass is 16.5. The third-order valence-electron chi connectivity index (χ3n) is 7.74. The van der Waals surface area contributed by atoms with Crippen molar-refractivity contribution in [1.82, 2.24) is 14.8 Å². The molecule has 2 heterocycles. The van der Waals surface area contributed by atoms with Gasteiger partial charge in [-0.05, 0) is 67.9 Å². The lowest BCUT2D eigenvalue weighted by molar-refractivity contribution is -0.146. The predicted molar refractivity (Wildman–Crippen MR) is 126 cm³/mol. The van der Waals surface area contributed by atoms with Crippen LogP contribution in [0.25, 0.3) is 0 Å². The molecule has 1 aliphatic heterocycles. The van der Waals surface area contributed by atoms with E-state index in [-0.39, 0.29) is 23.8 Å². The molecule has 174 valence electrons. The predicted octanol–water partition coefficient (Wildman–Crippen LogP) is 3.94. The van der Waals surface area contributed by atoms with Crippen molar-refractivity contribution in [3.05, 3.63) is 59.9 Å². The van der Waals surface area contributed by atoms with E-state index < -0.39 is 5.41 Å². The summed E-state index contributed by atoms with van der Waals surface area (Å²) >= 11 is 0. The Morgan fingerprint density at radius 2 is 1.91 bits per heavy atom. The van der Waals surface area contributed by atoms with Crippen LogP contribution >= 0.6 is 0 Å². The summed E-state index contributed by atoms with van der Waals surface area (Å²) < 4.78 is 5.29. The standard InChI is InChI=1S/C27H33N3O3/c1-33-24-11-9-22(10-12-24)27(13-14-27)26(32)29-16-4-8-23(19-29)30(25(31)21-6-2-7-21)18-20-5-3-15-28-17-20/h3,5,9-12,15,17,21,23H,2,4,6-8,13-14,16,18-19H2,1H3. The Labute approximate surface area is 195 Å². The Kier molecular flexibility index (Phi) is 6.09. The van der Waals surface area contributed by atoms with Gasteiger partial charge in [-0.15, -0.1) is 0 Å². The zero-order chi connectivity index (χ0) is 22.8. The van der Waals surface area contributed by atoms with E-state index in [0.717, 1.165) is 68.4 Å². The first-order chi connectivity index (χ1) is 16.1. The van der Waals surface area contributed by atoms with Crippen molar-refractivity contribution in [3.8, 4) is 5.75 Å². The number of methoxy groups -OCH3 is 1. The first-order valence-corrected chi connectivity index (χ1v) is 12.2. The molecule has 1 atom stereocenters. The highest BCUT2D eigenvalue weighted by molar-refractivity contribution is 5.91. The number of benzene rings is 1. The average Bonchev–Trinajstić information content (AvgIpc) is 3.64. The van der Waals surface area contributed by atoms with Gasteiger partial charge >= 0.3 is 0 Å². The number of carbonyl (C=O) groups is 2. The molecule has 2 aromatic rings. The Bertz CT molecular complexity index is 983. The SMILES string of the molecule is COc1ccc(C2(C(=O)N3CCCC(N(Cc4cccnc4)C(=O)C4CCC4)C3)CC2)cc1. The third-order valence-corrected chi connectivity index (χ3v) is 7.74. The number of aromatic nitrogens is 1. The molecule has 0 N–H and O–H groups in total. The van der Waals surface area contributed by atoms with Gasteiger partial charge in [-0.1, -0.05) is 24.6 Å². The number of hydrogen-bond donors (Lipinski definition) is 0. The number of carbonyl (C=O) groups excluding carboxylic acids is 2. The molecule has 1 aromatic heterocycles. The number of piperidine rings is 1. The molecule has 0 bridgehead atoms. The van der Waals surface area contributed by atoms with E-state index >= 15 is 0 Å². The molecular weight excluding hydrogens is 414 g/mol. The van der Waals surface area contributed by atoms with Crippen molar-refractivity contribution < 1.29 is 14.3 Å². The lowest BCUT2D eigenvalue weighted by atomic mass is 9.83. The topological polar surface area (TPSA) is 62.7 Å². The van der Waals surface area contributed by atoms with E-state index in [1.54, 1.807) is 13.3 Å². The molecule has 0 radical (unpaired) electrons. The van der Waals surface area contributed by atoms with Crippen LogP contribution in [-0.4, -0.2) is 52.8 Å². The quantitative estimate of drug-likeness (QED) is 0.645. The third kappa shape index (κ3) is 4.35. The summed E-state index contributed by atoms with van der Waals surface area (Å²) in [5, 5.41) is 0. The van der Waals surface area contributed by atoms with Crippen LogP contribution in [0.4, 0.5) is 0 Å². The van der Waals surface area contributed by atoms with E-state index in [1.807, 2.05) is 52.4 Å². The fraction of sp³-hybridized carbons (Fsp3) is 0.519. The van der Waals surface area contributed by atoms with Crippen LogP contribution in [-0.2, 0) is 21.5 Å². The second-order valence-electron chi connectivity index (χ2n) is 9.81. The highest BCUT2D eigenvalue weighted by Gasteiger charge is 2.53. The van der Waals surface area contributed by atoms with Gasteiger partial charge in [0.25, 0.3) is 0 Å². The van der Waals surface area contributed by atoms with Gasteiger partial charge < -0.3 is 14.5 Å². The minimum atomic E-state index is -0.402. The van der Waals surface area contributed by atoms with Gasteiger partial charge in [0.1, 0.15) is 5.75 Å². The van der Waals surface area contributed by atoms with Gasteiger partial charge in [-0.25, -0.2) is 0 Å². The van der Waals surface area contributed by atoms with Crippen LogP contribution < -0.4 is 4.74 Å². The number of nitrogens with zero attached hydrogens (tertiary/aromatic N) is 3. The molecule has 5 rings (SSSR count). The van der Waals surface area contributed by atoms with Crippen molar-refractivity contribution >= 4 is 11.8 Å². The molecule has 3 aliphatic rings. The fourth-order valence-electron chi connectivity index (χ4n) is 5.32. The first kappa shape index (κ1) is 21.9. The van der Waals surface area contributed by atoms with Crippen LogP contribution in [0.1, 0.15) is 56.1 Å². The minimum Gasteiger partial charge on any atom is -0.497 e. The Balaban J connectivity index is 1.33. The Morgan fingerprint density at radius 3 is 2.52 bits per heavy atom. The molecule has 33 heavy (non-hydrogen) atoms. The summed E-state index contributed by atoms with van der Waals surface area (Å²) in [5.41, 5.74) is 1.72. The van der Waals surface area contributed by atoms with Crippen LogP contribution in [0.5, 0.6) is 5.75 Å². The number of ether oxygens (including phenoxy) is 1. The van der Waals surface area contributed by atoms with Crippen molar-refractivity contribution in [2.24, 2.45) is 5.92 Å². The normalized spacial score (nSPS) is 21.7. The summed E-state index contributed by atoms with van der Waals surface area (Å²) in [6.45, 7) is 1.96. The van der Waals surface area contributed by atoms with Gasteiger partial charge in [0.05, 0.1) is 12.5 Å². The minimum absolute atomic E-state index is 0.0580. The van der Waals surface area contributed by atoms with Crippen LogP contribution in [0.15, 0.2) is 48.8 Å². The lowest BCUT2D eigenvalue weighted by Crippen LogP contribution is -2.54. The fourth-order valence-corrected chi connectivity index (χ4v) is 5.32. The number of hydrogen-bond acceptors (Lipinski definition) is 4. The monoisotopic (exact) mass is 447 g/mol. The summed E-state index contributed by atoms with van der Waals surface area (Å²) in [6, 6.07) is 11.9. The van der Waals surface area contributed by atoms with Crippen LogP contribution in [0.3, 0.4) is 0 Å². The molecule has 2 aliphatic carbocycles. The molecule has 1 saturated heterocycles. The number of rotatable bonds is 7. The van der Waals surface area contributed by atoms with Crippen molar-refractivity contribution in [2.45, 2.75) is 62.9 Å². The van der Waals surface area contributed by atoms with Crippen molar-refractivity contribution in [1.29, 1.82) is 0 Å². The summed E-state index contributed by atoms with van der Waals surface area (Å²) in [7, 11) is 1.66. The van der Waals surface area contributed by atoms with Gasteiger partial charge in [0, 0.05) is 44.0 Å². The molecule has 6 heteroatoms. The van der Waals surface area contributed by atoms with Gasteiger partial charge in [0.15, 0.2) is 0 Å². The molecule has 2 saturated carbocycles. The van der Waals surface area contributed by atoms with Crippen molar-refractivity contribution in [3.63, 3.8) is 0 Å². The highest BCUT2D eigenvalue weighted by Crippen LogP contribution is 2.50. The molecule has 1 unspecified atom stereocenters. The maximum absolute atomic E-state index is 13.7. The number of likely N-dealkylation sites (tertiary alicyclic amines) is 1. The lowest BCUT2D eigenvalue weighted by Gasteiger charge is -2.42. The number of pyridine rings is 1. The summed E-state index contributed by atoms with van der Waals surface area (Å²) in [6.07, 6.45) is 10.4. The van der Waals surface area contributed by atoms with E-state index in [1.165, 1.54) is 0 Å². The second-order valence-corrected chi connectivity index (χ2v) is 9.81. The van der Waals surface area contributed by atoms with E-state index in [0.29, 0.717) is 13.1 Å². The average molecular weight is 448 g/mol. The van der Waals surface area contributed by atoms with E-state index in [2.05, 4.69) is 4.98 Å². The smallest absolute Gasteiger partial charge is 0.233 e. The van der Waals surface area contributed by atoms with Gasteiger partial charge in [-0.2, -0.15) is 0 Å². The largest absolute Gasteiger partial charge is 0.497 e. The zero-order valence-electron chi connectivity index (χ0n) is 19.4. The first-order valence-electron chi connectivity index (χ1n) is 12.2. The maximum atomic E-state index is 13.7. The van der Waals surface area contributed by atoms with Gasteiger partial charge in [0.2, 0.25) is 11.8 Å². The summed E-state index contributed by atoms with van der Waals surface area (Å²) in [5.74, 6) is 1.41. The molecule has 6 nitrogen and oxygen atoms in total. The van der Waals surface area contributed by atoms with E-state index in [4.69, 9.17) is 4.74 Å². The Hall–Kier alpha value is -2.89. The van der Waals surface area contributed by atoms with Gasteiger partial charge in [-0.3, -0.25) is 14.6 Å². The molecular formula is C27H33N3O3. The Morgan fingerprint density at radius 1 is 1.12 bits per heavy atom. The molecule has 3 fully saturated rings. The summed E-state index contributed by atoms with van der Waals surface area (Å²) in [4.78, 5) is 35.4. The number of amides is 2. The van der Waals surface area contributed by atoms with Crippen LogP contribution in [0.2, 0.25) is 0 Å². The van der Waals surface area contributed by atoms with Crippen molar-refractivity contribution in [2.75, 3.05) is 20.2 Å². The molecule has 1 aromatic carbocycles. The maximum Gasteiger partial charge on any atom is 0.233 e. The van der Waals surface area contributed by atoms with E-state index in [9.17, 15) is 9.59 Å². The molecule has 2 amide bonds. The second kappa shape index (κ2) is 9.16. The van der Waals surface area contributed by atoms with Crippen LogP contribution in [0, 0.1) is 5.92 Å². The zero-order valence-corrected chi connectivity index (χ0v) is 19.4.